The van der Waals surface area contributed by atoms with E-state index in [1.165, 1.54) is 110 Å². The Bertz CT molecular complexity index is 2610. The number of rotatable bonds is 7. The summed E-state index contributed by atoms with van der Waals surface area (Å²) in [6.07, 6.45) is 13.6. The molecule has 0 atom stereocenters. The molecule has 0 saturated carbocycles. The normalized spacial score (nSPS) is 16.8. The van der Waals surface area contributed by atoms with Gasteiger partial charge in [0, 0.05) is 22.2 Å². The van der Waals surface area contributed by atoms with Crippen molar-refractivity contribution in [2.75, 3.05) is 4.90 Å². The van der Waals surface area contributed by atoms with Crippen molar-refractivity contribution in [1.29, 1.82) is 0 Å². The lowest BCUT2D eigenvalue weighted by molar-refractivity contribution is 0.655. The summed E-state index contributed by atoms with van der Waals surface area (Å²) in [5, 5.41) is 0. The minimum absolute atomic E-state index is 0.0182. The van der Waals surface area contributed by atoms with Crippen LogP contribution in [-0.2, 0) is 36.5 Å². The first-order valence-electron chi connectivity index (χ1n) is 20.8. The summed E-state index contributed by atoms with van der Waals surface area (Å²) in [7, 11) is 0. The van der Waals surface area contributed by atoms with E-state index >= 15 is 0 Å². The second-order valence-electron chi connectivity index (χ2n) is 17.5. The number of hydrogen-bond donors (Lipinski definition) is 0. The molecule has 0 unspecified atom stereocenters. The molecule has 56 heavy (non-hydrogen) atoms. The Morgan fingerprint density at radius 2 is 1.05 bits per heavy atom. The van der Waals surface area contributed by atoms with Gasteiger partial charge in [-0.05, 0) is 171 Å². The van der Waals surface area contributed by atoms with E-state index in [2.05, 4.69) is 174 Å². The standard InChI is InChI=1S/C55H51N/c1-7-13-45-47-30-24-37(33-51(47)54(3,4)49(45)8-2)35-20-26-41(27-21-35)56(53-43-17-11-14-39(43)32-40-15-12-18-44(40)53)42-28-22-36(23-29-42)38-25-31-48-46-16-9-10-19-50(46)55(5,6)52(48)34-38/h7-10,13,16,19-34H,2,11-12,14-15,17-18H2,1,3-6H3/b13-7-. The maximum atomic E-state index is 4.20. The highest BCUT2D eigenvalue weighted by atomic mass is 15.1. The summed E-state index contributed by atoms with van der Waals surface area (Å²) < 4.78 is 0. The Morgan fingerprint density at radius 3 is 1.62 bits per heavy atom. The van der Waals surface area contributed by atoms with Crippen LogP contribution in [0.3, 0.4) is 0 Å². The van der Waals surface area contributed by atoms with Crippen LogP contribution in [-0.4, -0.2) is 0 Å². The zero-order valence-corrected chi connectivity index (χ0v) is 33.6. The van der Waals surface area contributed by atoms with E-state index in [0.29, 0.717) is 0 Å². The maximum absolute atomic E-state index is 4.20. The van der Waals surface area contributed by atoms with Crippen molar-refractivity contribution in [2.24, 2.45) is 0 Å². The van der Waals surface area contributed by atoms with Gasteiger partial charge in [-0.15, -0.1) is 0 Å². The highest BCUT2D eigenvalue weighted by molar-refractivity contribution is 5.90. The molecule has 4 aliphatic rings. The zero-order valence-electron chi connectivity index (χ0n) is 33.6. The summed E-state index contributed by atoms with van der Waals surface area (Å²) in [6.45, 7) is 15.7. The van der Waals surface area contributed by atoms with E-state index in [0.717, 1.165) is 12.8 Å². The molecule has 6 aromatic carbocycles. The van der Waals surface area contributed by atoms with Crippen molar-refractivity contribution in [1.82, 2.24) is 0 Å². The molecule has 0 saturated heterocycles. The minimum Gasteiger partial charge on any atom is -0.310 e. The fraction of sp³-hybridized carbons (Fsp3) is 0.236. The van der Waals surface area contributed by atoms with Gasteiger partial charge in [-0.3, -0.25) is 0 Å². The first-order valence-corrected chi connectivity index (χ1v) is 20.8. The van der Waals surface area contributed by atoms with Crippen molar-refractivity contribution < 1.29 is 0 Å². The molecule has 0 amide bonds. The SMILES string of the molecule is C=CC1=C(/C=C\C)c2ccc(-c3ccc(N(c4ccc(-c5ccc6c(c5)C(C)(C)c5ccccc5-6)cc4)c4c5c(cc6c4CCC6)CCC5)cc3)cc2C1(C)C. The smallest absolute Gasteiger partial charge is 0.0531 e. The van der Waals surface area contributed by atoms with Gasteiger partial charge in [-0.25, -0.2) is 0 Å². The largest absolute Gasteiger partial charge is 0.310 e. The highest BCUT2D eigenvalue weighted by Gasteiger charge is 2.37. The van der Waals surface area contributed by atoms with E-state index in [-0.39, 0.29) is 10.8 Å². The van der Waals surface area contributed by atoms with Crippen LogP contribution in [0, 0.1) is 0 Å². The van der Waals surface area contributed by atoms with Crippen LogP contribution in [0.1, 0.15) is 92.0 Å². The molecule has 6 aromatic rings. The summed E-state index contributed by atoms with van der Waals surface area (Å²) in [5.74, 6) is 0. The van der Waals surface area contributed by atoms with Gasteiger partial charge in [0.15, 0.2) is 0 Å². The summed E-state index contributed by atoms with van der Waals surface area (Å²) >= 11 is 0. The van der Waals surface area contributed by atoms with Crippen LogP contribution in [0.25, 0.3) is 39.0 Å². The minimum atomic E-state index is -0.0973. The molecule has 0 aliphatic heterocycles. The third-order valence-electron chi connectivity index (χ3n) is 13.7. The molecule has 10 rings (SSSR count). The van der Waals surface area contributed by atoms with Gasteiger partial charge >= 0.3 is 0 Å². The zero-order chi connectivity index (χ0) is 38.3. The number of fused-ring (bicyclic) bond motifs is 6. The average Bonchev–Trinajstić information content (AvgIpc) is 3.98. The molecule has 1 heteroatoms. The summed E-state index contributed by atoms with van der Waals surface area (Å²) in [6, 6.07) is 44.4. The number of nitrogens with zero attached hydrogens (tertiary/aromatic N) is 1. The molecular formula is C55H51N. The van der Waals surface area contributed by atoms with Gasteiger partial charge in [-0.1, -0.05) is 131 Å². The predicted octanol–water partition coefficient (Wildman–Crippen LogP) is 14.6. The van der Waals surface area contributed by atoms with Crippen molar-refractivity contribution in [3.05, 3.63) is 190 Å². The van der Waals surface area contributed by atoms with Crippen molar-refractivity contribution in [2.45, 2.75) is 84.0 Å². The van der Waals surface area contributed by atoms with Gasteiger partial charge in [0.25, 0.3) is 0 Å². The molecule has 0 heterocycles. The lowest BCUT2D eigenvalue weighted by Gasteiger charge is -2.30. The Labute approximate surface area is 333 Å². The predicted molar refractivity (Wildman–Crippen MR) is 239 cm³/mol. The van der Waals surface area contributed by atoms with Crippen molar-refractivity contribution in [3.63, 3.8) is 0 Å². The maximum Gasteiger partial charge on any atom is 0.0531 e. The lowest BCUT2D eigenvalue weighted by atomic mass is 9.80. The number of allylic oxidation sites excluding steroid dienone is 5. The molecule has 276 valence electrons. The second kappa shape index (κ2) is 13.0. The number of hydrogen-bond acceptors (Lipinski definition) is 1. The Balaban J connectivity index is 1.05. The topological polar surface area (TPSA) is 3.24 Å². The Hall–Kier alpha value is -5.66. The van der Waals surface area contributed by atoms with E-state index in [1.54, 1.807) is 22.3 Å². The molecule has 0 N–H and O–H groups in total. The third kappa shape index (κ3) is 5.20. The van der Waals surface area contributed by atoms with E-state index in [1.807, 2.05) is 6.08 Å². The Kier molecular flexibility index (Phi) is 8.05. The molecular weight excluding hydrogens is 675 g/mol. The van der Waals surface area contributed by atoms with Crippen LogP contribution in [0.5, 0.6) is 0 Å². The highest BCUT2D eigenvalue weighted by Crippen LogP contribution is 2.51. The van der Waals surface area contributed by atoms with Crippen LogP contribution in [0.2, 0.25) is 0 Å². The third-order valence-corrected chi connectivity index (χ3v) is 13.7. The summed E-state index contributed by atoms with van der Waals surface area (Å²) in [4.78, 5) is 2.60. The van der Waals surface area contributed by atoms with E-state index in [9.17, 15) is 0 Å². The molecule has 0 fully saturated rings. The number of anilines is 3. The quantitative estimate of drug-likeness (QED) is 0.158. The van der Waals surface area contributed by atoms with Crippen molar-refractivity contribution in [3.8, 4) is 33.4 Å². The first kappa shape index (κ1) is 34.8. The van der Waals surface area contributed by atoms with Gasteiger partial charge in [-0.2, -0.15) is 0 Å². The van der Waals surface area contributed by atoms with Gasteiger partial charge < -0.3 is 4.90 Å². The molecule has 0 aromatic heterocycles. The van der Waals surface area contributed by atoms with Crippen molar-refractivity contribution >= 4 is 22.6 Å². The molecule has 4 aliphatic carbocycles. The van der Waals surface area contributed by atoms with Crippen LogP contribution < -0.4 is 4.90 Å². The van der Waals surface area contributed by atoms with Gasteiger partial charge in [0.05, 0.1) is 5.69 Å². The number of benzene rings is 6. The number of aryl methyl sites for hydroxylation is 2. The molecule has 0 bridgehead atoms. The van der Waals surface area contributed by atoms with Crippen LogP contribution >= 0.6 is 0 Å². The average molecular weight is 726 g/mol. The fourth-order valence-electron chi connectivity index (χ4n) is 10.8. The second-order valence-corrected chi connectivity index (χ2v) is 17.5. The van der Waals surface area contributed by atoms with E-state index in [4.69, 9.17) is 0 Å². The van der Waals surface area contributed by atoms with E-state index < -0.39 is 0 Å². The van der Waals surface area contributed by atoms with Gasteiger partial charge in [0.2, 0.25) is 0 Å². The fourth-order valence-corrected chi connectivity index (χ4v) is 10.8. The first-order chi connectivity index (χ1) is 27.2. The Morgan fingerprint density at radius 1 is 0.536 bits per heavy atom. The van der Waals surface area contributed by atoms with Gasteiger partial charge in [0.1, 0.15) is 0 Å². The van der Waals surface area contributed by atoms with Crippen LogP contribution in [0.15, 0.2) is 146 Å². The summed E-state index contributed by atoms with van der Waals surface area (Å²) in [5.41, 5.74) is 25.9. The molecule has 0 spiro atoms. The lowest BCUT2D eigenvalue weighted by Crippen LogP contribution is -2.16. The van der Waals surface area contributed by atoms with Crippen LogP contribution in [0.4, 0.5) is 17.1 Å². The molecule has 0 radical (unpaired) electrons. The monoisotopic (exact) mass is 725 g/mol. The molecule has 1 nitrogen and oxygen atoms in total.